The molecule has 0 aliphatic carbocycles. The van der Waals surface area contributed by atoms with Crippen molar-refractivity contribution in [1.29, 1.82) is 0 Å². The molecule has 9 nitrogen and oxygen atoms in total. The minimum atomic E-state index is -3.79. The molecule has 0 radical (unpaired) electrons. The van der Waals surface area contributed by atoms with Crippen LogP contribution >= 0.6 is 0 Å². The molecule has 0 bridgehead atoms. The number of nitrogens with one attached hydrogen (secondary N) is 2. The van der Waals surface area contributed by atoms with Crippen molar-refractivity contribution in [2.45, 2.75) is 11.4 Å². The zero-order valence-electron chi connectivity index (χ0n) is 15.7. The molecule has 3 rings (SSSR count). The van der Waals surface area contributed by atoms with Gasteiger partial charge in [-0.15, -0.1) is 0 Å². The second kappa shape index (κ2) is 9.25. The summed E-state index contributed by atoms with van der Waals surface area (Å²) in [5, 5.41) is 2.58. The van der Waals surface area contributed by atoms with E-state index in [1.165, 1.54) is 48.7 Å². The summed E-state index contributed by atoms with van der Waals surface area (Å²) in [7, 11) is -3.79. The molecule has 156 valence electrons. The number of hydrogen-bond donors (Lipinski definition) is 3. The lowest BCUT2D eigenvalue weighted by Gasteiger charge is -2.10. The highest BCUT2D eigenvalue weighted by Gasteiger charge is 2.15. The van der Waals surface area contributed by atoms with E-state index < -0.39 is 21.8 Å². The SMILES string of the molecule is NC(=O)c1ccc(OCC(=O)Nc2cccc(S(=O)(=O)NCc3ccco3)c2)cc1. The molecule has 1 heterocycles. The van der Waals surface area contributed by atoms with Crippen molar-refractivity contribution >= 4 is 27.5 Å². The Bertz CT molecular complexity index is 1130. The Labute approximate surface area is 172 Å². The van der Waals surface area contributed by atoms with Gasteiger partial charge in [0.15, 0.2) is 6.61 Å². The molecule has 0 atom stereocenters. The zero-order chi connectivity index (χ0) is 21.6. The molecule has 2 aromatic carbocycles. The summed E-state index contributed by atoms with van der Waals surface area (Å²) in [6.45, 7) is -0.294. The molecule has 4 N–H and O–H groups in total. The number of sulfonamides is 1. The van der Waals surface area contributed by atoms with Gasteiger partial charge in [-0.2, -0.15) is 0 Å². The number of hydrogen-bond acceptors (Lipinski definition) is 6. The van der Waals surface area contributed by atoms with Crippen LogP contribution in [-0.4, -0.2) is 26.8 Å². The van der Waals surface area contributed by atoms with E-state index in [0.29, 0.717) is 22.8 Å². The zero-order valence-corrected chi connectivity index (χ0v) is 16.5. The maximum atomic E-state index is 12.4. The first-order valence-corrected chi connectivity index (χ1v) is 10.3. The summed E-state index contributed by atoms with van der Waals surface area (Å²) in [6, 6.07) is 15.1. The van der Waals surface area contributed by atoms with Crippen molar-refractivity contribution in [3.63, 3.8) is 0 Å². The summed E-state index contributed by atoms with van der Waals surface area (Å²) in [6.07, 6.45) is 1.45. The first-order valence-electron chi connectivity index (χ1n) is 8.78. The fraction of sp³-hybridized carbons (Fsp3) is 0.100. The quantitative estimate of drug-likeness (QED) is 0.474. The van der Waals surface area contributed by atoms with Crippen molar-refractivity contribution in [2.24, 2.45) is 5.73 Å². The number of furan rings is 1. The van der Waals surface area contributed by atoms with Gasteiger partial charge in [0.1, 0.15) is 11.5 Å². The van der Waals surface area contributed by atoms with E-state index in [1.807, 2.05) is 0 Å². The summed E-state index contributed by atoms with van der Waals surface area (Å²) in [4.78, 5) is 23.2. The second-order valence-corrected chi connectivity index (χ2v) is 7.92. The molecule has 3 aromatic rings. The number of carbonyl (C=O) groups excluding carboxylic acids is 2. The molecule has 30 heavy (non-hydrogen) atoms. The highest BCUT2D eigenvalue weighted by atomic mass is 32.2. The van der Waals surface area contributed by atoms with Gasteiger partial charge in [0, 0.05) is 11.3 Å². The predicted molar refractivity (Wildman–Crippen MR) is 108 cm³/mol. The van der Waals surface area contributed by atoms with E-state index in [2.05, 4.69) is 10.0 Å². The largest absolute Gasteiger partial charge is 0.484 e. The van der Waals surface area contributed by atoms with E-state index in [1.54, 1.807) is 18.2 Å². The third-order valence-electron chi connectivity index (χ3n) is 3.95. The van der Waals surface area contributed by atoms with Crippen molar-refractivity contribution < 1.29 is 27.2 Å². The molecule has 0 aliphatic rings. The van der Waals surface area contributed by atoms with Crippen LogP contribution in [0.15, 0.2) is 76.2 Å². The minimum Gasteiger partial charge on any atom is -0.484 e. The molecule has 0 spiro atoms. The number of amides is 2. The van der Waals surface area contributed by atoms with Gasteiger partial charge in [-0.3, -0.25) is 9.59 Å². The molecule has 0 saturated heterocycles. The van der Waals surface area contributed by atoms with Crippen LogP contribution in [-0.2, 0) is 21.4 Å². The van der Waals surface area contributed by atoms with Crippen molar-refractivity contribution in [2.75, 3.05) is 11.9 Å². The number of primary amides is 1. The van der Waals surface area contributed by atoms with Gasteiger partial charge in [-0.05, 0) is 54.6 Å². The summed E-state index contributed by atoms with van der Waals surface area (Å²) in [5.41, 5.74) is 5.79. The molecular weight excluding hydrogens is 410 g/mol. The van der Waals surface area contributed by atoms with Crippen molar-refractivity contribution in [3.8, 4) is 5.75 Å². The van der Waals surface area contributed by atoms with Gasteiger partial charge in [0.2, 0.25) is 15.9 Å². The number of carbonyl (C=O) groups is 2. The van der Waals surface area contributed by atoms with E-state index in [0.717, 1.165) is 0 Å². The topological polar surface area (TPSA) is 141 Å². The molecular formula is C20H19N3O6S. The fourth-order valence-electron chi connectivity index (χ4n) is 2.47. The van der Waals surface area contributed by atoms with Crippen LogP contribution in [0, 0.1) is 0 Å². The molecule has 0 fully saturated rings. The van der Waals surface area contributed by atoms with Crippen molar-refractivity contribution in [1.82, 2.24) is 4.72 Å². The Balaban J connectivity index is 1.57. The fourth-order valence-corrected chi connectivity index (χ4v) is 3.50. The second-order valence-electron chi connectivity index (χ2n) is 6.16. The van der Waals surface area contributed by atoms with Crippen LogP contribution in [0.1, 0.15) is 16.1 Å². The van der Waals surface area contributed by atoms with Crippen molar-refractivity contribution in [3.05, 3.63) is 78.3 Å². The molecule has 10 heteroatoms. The van der Waals surface area contributed by atoms with Gasteiger partial charge < -0.3 is 20.2 Å². The molecule has 0 saturated carbocycles. The van der Waals surface area contributed by atoms with Crippen LogP contribution in [0.25, 0.3) is 0 Å². The lowest BCUT2D eigenvalue weighted by molar-refractivity contribution is -0.118. The molecule has 2 amide bonds. The van der Waals surface area contributed by atoms with Crippen LogP contribution in [0.5, 0.6) is 5.75 Å². The maximum absolute atomic E-state index is 12.4. The standard InChI is InChI=1S/C20H19N3O6S/c21-20(25)14-6-8-16(9-7-14)29-13-19(24)23-15-3-1-5-18(11-15)30(26,27)22-12-17-4-2-10-28-17/h1-11,22H,12-13H2,(H2,21,25)(H,23,24). The van der Waals surface area contributed by atoms with Gasteiger partial charge >= 0.3 is 0 Å². The Morgan fingerprint density at radius 3 is 2.47 bits per heavy atom. The average Bonchev–Trinajstić information content (AvgIpc) is 3.25. The predicted octanol–water partition coefficient (Wildman–Crippen LogP) is 1.87. The molecule has 0 unspecified atom stereocenters. The first kappa shape index (κ1) is 21.1. The minimum absolute atomic E-state index is 0.00480. The third kappa shape index (κ3) is 5.69. The number of benzene rings is 2. The van der Waals surface area contributed by atoms with Crippen LogP contribution in [0.4, 0.5) is 5.69 Å². The monoisotopic (exact) mass is 429 g/mol. The third-order valence-corrected chi connectivity index (χ3v) is 5.35. The Morgan fingerprint density at radius 2 is 1.80 bits per heavy atom. The normalized spacial score (nSPS) is 11.1. The molecule has 1 aromatic heterocycles. The number of ether oxygens (including phenoxy) is 1. The van der Waals surface area contributed by atoms with E-state index in [9.17, 15) is 18.0 Å². The van der Waals surface area contributed by atoms with E-state index in [-0.39, 0.29) is 18.0 Å². The van der Waals surface area contributed by atoms with Gasteiger partial charge in [-0.25, -0.2) is 13.1 Å². The maximum Gasteiger partial charge on any atom is 0.262 e. The smallest absolute Gasteiger partial charge is 0.262 e. The lowest BCUT2D eigenvalue weighted by Crippen LogP contribution is -2.24. The van der Waals surface area contributed by atoms with Gasteiger partial charge in [0.05, 0.1) is 17.7 Å². The average molecular weight is 429 g/mol. The van der Waals surface area contributed by atoms with Crippen LogP contribution in [0.3, 0.4) is 0 Å². The van der Waals surface area contributed by atoms with E-state index >= 15 is 0 Å². The van der Waals surface area contributed by atoms with Crippen LogP contribution in [0.2, 0.25) is 0 Å². The summed E-state index contributed by atoms with van der Waals surface area (Å²) in [5.74, 6) is -0.183. The summed E-state index contributed by atoms with van der Waals surface area (Å²) >= 11 is 0. The first-order chi connectivity index (χ1) is 14.3. The van der Waals surface area contributed by atoms with Crippen LogP contribution < -0.4 is 20.5 Å². The number of anilines is 1. The highest BCUT2D eigenvalue weighted by molar-refractivity contribution is 7.89. The van der Waals surface area contributed by atoms with Gasteiger partial charge in [0.25, 0.3) is 5.91 Å². The number of rotatable bonds is 9. The lowest BCUT2D eigenvalue weighted by atomic mass is 10.2. The summed E-state index contributed by atoms with van der Waals surface area (Å²) < 4.78 is 37.7. The number of nitrogens with two attached hydrogens (primary N) is 1. The Kier molecular flexibility index (Phi) is 6.50. The Hall–Kier alpha value is -3.63. The molecule has 0 aliphatic heterocycles. The highest BCUT2D eigenvalue weighted by Crippen LogP contribution is 2.16. The van der Waals surface area contributed by atoms with Gasteiger partial charge in [-0.1, -0.05) is 6.07 Å². The van der Waals surface area contributed by atoms with E-state index in [4.69, 9.17) is 14.9 Å². The Morgan fingerprint density at radius 1 is 1.03 bits per heavy atom.